The summed E-state index contributed by atoms with van der Waals surface area (Å²) in [4.78, 5) is 0. The van der Waals surface area contributed by atoms with Crippen molar-refractivity contribution in [2.75, 3.05) is 11.9 Å². The van der Waals surface area contributed by atoms with Crippen LogP contribution in [0.15, 0.2) is 16.6 Å². The van der Waals surface area contributed by atoms with Crippen LogP contribution in [0.25, 0.3) is 0 Å². The Balaban J connectivity index is 3.02. The predicted octanol–water partition coefficient (Wildman–Crippen LogP) is 2.77. The molecule has 0 aliphatic rings. The maximum absolute atomic E-state index is 13.5. The van der Waals surface area contributed by atoms with Crippen LogP contribution < -0.4 is 5.32 Å². The Morgan fingerprint density at radius 2 is 2.19 bits per heavy atom. The van der Waals surface area contributed by atoms with E-state index in [-0.39, 0.29) is 12.2 Å². The molecule has 0 saturated heterocycles. The number of rotatable bonds is 4. The molecule has 1 rings (SSSR count). The molecule has 0 amide bonds. The first-order chi connectivity index (χ1) is 7.35. The number of halogens is 2. The van der Waals surface area contributed by atoms with Crippen LogP contribution in [0.5, 0.6) is 0 Å². The van der Waals surface area contributed by atoms with E-state index in [0.717, 1.165) is 6.21 Å². The normalized spacial score (nSPS) is 11.3. The quantitative estimate of drug-likeness (QED) is 0.746. The number of benzene rings is 1. The summed E-state index contributed by atoms with van der Waals surface area (Å²) in [6, 6.07) is 2.86. The first-order valence-electron chi connectivity index (χ1n) is 4.80. The Morgan fingerprint density at radius 3 is 2.69 bits per heavy atom. The Kier molecular flexibility index (Phi) is 4.04. The van der Waals surface area contributed by atoms with E-state index in [9.17, 15) is 9.50 Å². The Bertz CT molecular complexity index is 402. The van der Waals surface area contributed by atoms with Gasteiger partial charge in [0.15, 0.2) is 0 Å². The first-order valence-corrected chi connectivity index (χ1v) is 5.59. The standard InChI is InChI=1S/C11H14BrFN2O/c1-11(2,16)6-15-10-7(5-14)8(12)3-4-9(10)13/h3-5,14-16H,6H2,1-2H3. The van der Waals surface area contributed by atoms with Crippen molar-refractivity contribution >= 4 is 27.8 Å². The van der Waals surface area contributed by atoms with E-state index in [4.69, 9.17) is 5.41 Å². The zero-order chi connectivity index (χ0) is 12.3. The average Bonchev–Trinajstić information content (AvgIpc) is 2.17. The zero-order valence-electron chi connectivity index (χ0n) is 9.14. The van der Waals surface area contributed by atoms with Gasteiger partial charge in [0.25, 0.3) is 0 Å². The summed E-state index contributed by atoms with van der Waals surface area (Å²) in [6.07, 6.45) is 1.07. The number of hydrogen-bond donors (Lipinski definition) is 3. The summed E-state index contributed by atoms with van der Waals surface area (Å²) >= 11 is 3.24. The van der Waals surface area contributed by atoms with Crippen LogP contribution in [0.1, 0.15) is 19.4 Å². The molecule has 0 fully saturated rings. The third-order valence-electron chi connectivity index (χ3n) is 1.98. The molecule has 1 aromatic rings. The molecular weight excluding hydrogens is 275 g/mol. The van der Waals surface area contributed by atoms with Gasteiger partial charge < -0.3 is 15.8 Å². The molecule has 88 valence electrons. The lowest BCUT2D eigenvalue weighted by Crippen LogP contribution is -2.30. The first kappa shape index (κ1) is 13.1. The highest BCUT2D eigenvalue weighted by atomic mass is 79.9. The molecular formula is C11H14BrFN2O. The molecule has 0 aliphatic carbocycles. The summed E-state index contributed by atoms with van der Waals surface area (Å²) in [5, 5.41) is 19.6. The lowest BCUT2D eigenvalue weighted by molar-refractivity contribution is 0.0944. The second-order valence-electron chi connectivity index (χ2n) is 4.13. The second-order valence-corrected chi connectivity index (χ2v) is 4.98. The van der Waals surface area contributed by atoms with Crippen LogP contribution in [-0.4, -0.2) is 23.5 Å². The van der Waals surface area contributed by atoms with Gasteiger partial charge in [-0.3, -0.25) is 0 Å². The van der Waals surface area contributed by atoms with E-state index in [1.807, 2.05) is 0 Å². The van der Waals surface area contributed by atoms with Crippen LogP contribution in [-0.2, 0) is 0 Å². The predicted molar refractivity (Wildman–Crippen MR) is 66.8 cm³/mol. The number of hydrogen-bond acceptors (Lipinski definition) is 3. The third-order valence-corrected chi connectivity index (χ3v) is 2.68. The monoisotopic (exact) mass is 288 g/mol. The lowest BCUT2D eigenvalue weighted by Gasteiger charge is -2.20. The third kappa shape index (κ3) is 3.28. The van der Waals surface area contributed by atoms with E-state index in [2.05, 4.69) is 21.2 Å². The van der Waals surface area contributed by atoms with Gasteiger partial charge in [-0.15, -0.1) is 0 Å². The minimum atomic E-state index is -0.936. The minimum absolute atomic E-state index is 0.210. The van der Waals surface area contributed by atoms with Crippen LogP contribution >= 0.6 is 15.9 Å². The summed E-state index contributed by atoms with van der Waals surface area (Å²) in [5.74, 6) is -0.439. The second kappa shape index (κ2) is 4.93. The van der Waals surface area contributed by atoms with Crippen LogP contribution in [0.3, 0.4) is 0 Å². The SMILES string of the molecule is CC(C)(O)CNc1c(F)ccc(Br)c1C=N. The van der Waals surface area contributed by atoms with Crippen molar-refractivity contribution in [1.82, 2.24) is 0 Å². The largest absolute Gasteiger partial charge is 0.389 e. The molecule has 0 radical (unpaired) electrons. The molecule has 0 spiro atoms. The summed E-state index contributed by atoms with van der Waals surface area (Å²) < 4.78 is 14.2. The topological polar surface area (TPSA) is 56.1 Å². The highest BCUT2D eigenvalue weighted by molar-refractivity contribution is 9.10. The number of anilines is 1. The smallest absolute Gasteiger partial charge is 0.147 e. The van der Waals surface area contributed by atoms with E-state index in [1.165, 1.54) is 6.07 Å². The van der Waals surface area contributed by atoms with E-state index in [0.29, 0.717) is 10.0 Å². The van der Waals surface area contributed by atoms with Gasteiger partial charge in [0, 0.05) is 22.8 Å². The van der Waals surface area contributed by atoms with Gasteiger partial charge in [0.2, 0.25) is 0 Å². The molecule has 0 saturated carbocycles. The number of nitrogens with one attached hydrogen (secondary N) is 2. The van der Waals surface area contributed by atoms with E-state index in [1.54, 1.807) is 19.9 Å². The van der Waals surface area contributed by atoms with Crippen molar-refractivity contribution in [3.63, 3.8) is 0 Å². The van der Waals surface area contributed by atoms with Crippen molar-refractivity contribution < 1.29 is 9.50 Å². The molecule has 0 aromatic heterocycles. The summed E-state index contributed by atoms with van der Waals surface area (Å²) in [6.45, 7) is 3.46. The highest BCUT2D eigenvalue weighted by Crippen LogP contribution is 2.26. The zero-order valence-corrected chi connectivity index (χ0v) is 10.7. The van der Waals surface area contributed by atoms with Crippen molar-refractivity contribution in [1.29, 1.82) is 5.41 Å². The van der Waals surface area contributed by atoms with E-state index >= 15 is 0 Å². The van der Waals surface area contributed by atoms with E-state index < -0.39 is 11.4 Å². The van der Waals surface area contributed by atoms with Gasteiger partial charge in [-0.25, -0.2) is 4.39 Å². The van der Waals surface area contributed by atoms with Gasteiger partial charge in [-0.2, -0.15) is 0 Å². The fraction of sp³-hybridized carbons (Fsp3) is 0.364. The fourth-order valence-corrected chi connectivity index (χ4v) is 1.64. The number of aliphatic hydroxyl groups is 1. The van der Waals surface area contributed by atoms with Gasteiger partial charge >= 0.3 is 0 Å². The molecule has 0 heterocycles. The molecule has 16 heavy (non-hydrogen) atoms. The van der Waals surface area contributed by atoms with Gasteiger partial charge in [0.05, 0.1) is 11.3 Å². The van der Waals surface area contributed by atoms with Gasteiger partial charge in [0.1, 0.15) is 5.82 Å². The van der Waals surface area contributed by atoms with Crippen LogP contribution in [0, 0.1) is 11.2 Å². The highest BCUT2D eigenvalue weighted by Gasteiger charge is 2.16. The fourth-order valence-electron chi connectivity index (χ4n) is 1.19. The van der Waals surface area contributed by atoms with Crippen molar-refractivity contribution in [3.05, 3.63) is 28.0 Å². The molecule has 1 aromatic carbocycles. The van der Waals surface area contributed by atoms with Crippen molar-refractivity contribution in [3.8, 4) is 0 Å². The molecule has 0 aliphatic heterocycles. The van der Waals surface area contributed by atoms with Gasteiger partial charge in [-0.1, -0.05) is 15.9 Å². The van der Waals surface area contributed by atoms with Gasteiger partial charge in [-0.05, 0) is 26.0 Å². The maximum Gasteiger partial charge on any atom is 0.147 e. The molecule has 5 heteroatoms. The summed E-state index contributed by atoms with van der Waals surface area (Å²) in [5.41, 5.74) is -0.274. The Hall–Kier alpha value is -0.940. The molecule has 3 nitrogen and oxygen atoms in total. The molecule has 0 atom stereocenters. The minimum Gasteiger partial charge on any atom is -0.389 e. The molecule has 0 bridgehead atoms. The van der Waals surface area contributed by atoms with Crippen molar-refractivity contribution in [2.45, 2.75) is 19.4 Å². The Labute approximate surface area is 102 Å². The summed E-state index contributed by atoms with van der Waals surface area (Å²) in [7, 11) is 0. The molecule has 3 N–H and O–H groups in total. The lowest BCUT2D eigenvalue weighted by atomic mass is 10.1. The van der Waals surface area contributed by atoms with Crippen molar-refractivity contribution in [2.24, 2.45) is 0 Å². The van der Waals surface area contributed by atoms with Crippen LogP contribution in [0.4, 0.5) is 10.1 Å². The average molecular weight is 289 g/mol. The molecule has 0 unspecified atom stereocenters. The Morgan fingerprint density at radius 1 is 1.56 bits per heavy atom. The maximum atomic E-state index is 13.5. The van der Waals surface area contributed by atoms with Crippen LogP contribution in [0.2, 0.25) is 0 Å².